The van der Waals surface area contributed by atoms with E-state index in [1.54, 1.807) is 24.3 Å². The Balaban J connectivity index is 1.38. The smallest absolute Gasteiger partial charge is 0.264 e. The molecule has 10 nitrogen and oxygen atoms in total. The van der Waals surface area contributed by atoms with Crippen LogP contribution >= 0.6 is 11.6 Å². The van der Waals surface area contributed by atoms with Crippen LogP contribution in [0, 0.1) is 0 Å². The minimum atomic E-state index is -1.16. The minimum Gasteiger partial charge on any atom is -0.439 e. The van der Waals surface area contributed by atoms with Crippen LogP contribution < -0.4 is 5.32 Å². The summed E-state index contributed by atoms with van der Waals surface area (Å²) in [6, 6.07) is 10.1. The molecule has 1 fully saturated rings. The highest BCUT2D eigenvalue weighted by Crippen LogP contribution is 2.33. The Bertz CT molecular complexity index is 1380. The van der Waals surface area contributed by atoms with Crippen molar-refractivity contribution in [1.82, 2.24) is 14.8 Å². The largest absolute Gasteiger partial charge is 0.439 e. The van der Waals surface area contributed by atoms with Crippen molar-refractivity contribution in [2.45, 2.75) is 25.4 Å². The monoisotopic (exact) mass is 492 g/mol. The predicted octanol–water partition coefficient (Wildman–Crippen LogP) is 2.88. The van der Waals surface area contributed by atoms with Crippen LogP contribution in [-0.2, 0) is 20.9 Å². The van der Waals surface area contributed by atoms with E-state index in [0.717, 1.165) is 9.80 Å². The lowest BCUT2D eigenvalue weighted by atomic mass is 10.0. The Morgan fingerprint density at radius 2 is 1.86 bits per heavy atom. The van der Waals surface area contributed by atoms with Gasteiger partial charge in [-0.2, -0.15) is 0 Å². The second-order valence-corrected chi connectivity index (χ2v) is 8.42. The number of imide groups is 2. The van der Waals surface area contributed by atoms with E-state index in [0.29, 0.717) is 22.9 Å². The summed E-state index contributed by atoms with van der Waals surface area (Å²) in [4.78, 5) is 69.0. The lowest BCUT2D eigenvalue weighted by Gasteiger charge is -2.34. The second-order valence-electron chi connectivity index (χ2n) is 7.98. The summed E-state index contributed by atoms with van der Waals surface area (Å²) < 4.78 is 5.72. The highest BCUT2D eigenvalue weighted by atomic mass is 35.5. The van der Waals surface area contributed by atoms with E-state index < -0.39 is 29.7 Å². The van der Waals surface area contributed by atoms with Crippen LogP contribution in [-0.4, -0.2) is 50.9 Å². The number of amides is 5. The number of benzene rings is 2. The number of hydrogen-bond donors (Lipinski definition) is 1. The Labute approximate surface area is 203 Å². The average Bonchev–Trinajstić information content (AvgIpc) is 3.41. The van der Waals surface area contributed by atoms with Crippen molar-refractivity contribution in [3.63, 3.8) is 0 Å². The third kappa shape index (κ3) is 3.87. The molecule has 1 unspecified atom stereocenters. The number of nitrogens with one attached hydrogen (secondary N) is 1. The average molecular weight is 493 g/mol. The molecule has 1 saturated heterocycles. The van der Waals surface area contributed by atoms with E-state index in [-0.39, 0.29) is 42.0 Å². The fraction of sp³-hybridized carbons (Fsp3) is 0.167. The summed E-state index contributed by atoms with van der Waals surface area (Å²) in [5, 5.41) is 2.96. The van der Waals surface area contributed by atoms with Gasteiger partial charge in [0, 0.05) is 17.0 Å². The molecule has 176 valence electrons. The number of aromatic nitrogens is 1. The van der Waals surface area contributed by atoms with Gasteiger partial charge in [-0.25, -0.2) is 4.98 Å². The first-order valence-corrected chi connectivity index (χ1v) is 11.0. The summed E-state index contributed by atoms with van der Waals surface area (Å²) in [6.45, 7) is -0.199. The first kappa shape index (κ1) is 22.5. The number of fused-ring (bicyclic) bond motifs is 1. The van der Waals surface area contributed by atoms with Crippen molar-refractivity contribution in [3.8, 4) is 11.5 Å². The van der Waals surface area contributed by atoms with Crippen molar-refractivity contribution in [1.29, 1.82) is 0 Å². The van der Waals surface area contributed by atoms with Crippen LogP contribution in [0.3, 0.4) is 0 Å². The minimum absolute atomic E-state index is 0.00249. The van der Waals surface area contributed by atoms with Crippen LogP contribution in [0.1, 0.15) is 39.3 Å². The molecule has 11 heteroatoms. The normalized spacial score (nSPS) is 17.7. The topological polar surface area (TPSA) is 130 Å². The predicted molar refractivity (Wildman–Crippen MR) is 122 cm³/mol. The molecule has 0 aliphatic carbocycles. The number of oxazole rings is 1. The number of anilines is 1. The van der Waals surface area contributed by atoms with Crippen molar-refractivity contribution >= 4 is 47.3 Å². The van der Waals surface area contributed by atoms with Gasteiger partial charge in [0.1, 0.15) is 11.8 Å². The number of carbonyl (C=O) groups is 5. The number of likely N-dealkylation sites (tertiary alicyclic amines) is 1. The highest BCUT2D eigenvalue weighted by Gasteiger charge is 2.48. The molecule has 35 heavy (non-hydrogen) atoms. The van der Waals surface area contributed by atoms with Gasteiger partial charge in [0.15, 0.2) is 0 Å². The SMILES string of the molecule is O=CNc1cccc2c1C(=O)N(C1CCC(=O)N(Cc3cnc(-c4ccc(Cl)cc4)o3)C1=O)C2=O. The Hall–Kier alpha value is -4.31. The molecule has 0 saturated carbocycles. The third-order valence-corrected chi connectivity index (χ3v) is 6.17. The number of carbonyl (C=O) groups excluding carboxylic acids is 5. The van der Waals surface area contributed by atoms with E-state index in [9.17, 15) is 24.0 Å². The van der Waals surface area contributed by atoms with Gasteiger partial charge in [-0.3, -0.25) is 33.8 Å². The van der Waals surface area contributed by atoms with Crippen molar-refractivity contribution < 1.29 is 28.4 Å². The lowest BCUT2D eigenvalue weighted by molar-refractivity contribution is -0.152. The third-order valence-electron chi connectivity index (χ3n) is 5.91. The maximum atomic E-state index is 13.3. The van der Waals surface area contributed by atoms with E-state index in [2.05, 4.69) is 10.3 Å². The van der Waals surface area contributed by atoms with Gasteiger partial charge < -0.3 is 9.73 Å². The van der Waals surface area contributed by atoms with E-state index in [4.69, 9.17) is 16.0 Å². The molecule has 0 bridgehead atoms. The quantitative estimate of drug-likeness (QED) is 0.413. The molecular weight excluding hydrogens is 476 g/mol. The molecule has 3 aromatic rings. The van der Waals surface area contributed by atoms with Gasteiger partial charge in [-0.15, -0.1) is 0 Å². The maximum Gasteiger partial charge on any atom is 0.264 e. The first-order chi connectivity index (χ1) is 16.9. The Morgan fingerprint density at radius 3 is 2.60 bits per heavy atom. The van der Waals surface area contributed by atoms with E-state index in [1.807, 2.05) is 0 Å². The Kier molecular flexibility index (Phi) is 5.65. The number of rotatable bonds is 6. The van der Waals surface area contributed by atoms with Crippen LogP contribution in [0.15, 0.2) is 53.1 Å². The van der Waals surface area contributed by atoms with Gasteiger partial charge >= 0.3 is 0 Å². The van der Waals surface area contributed by atoms with Crippen molar-refractivity contribution in [2.24, 2.45) is 0 Å². The molecule has 2 aliphatic rings. The number of piperidine rings is 1. The highest BCUT2D eigenvalue weighted by molar-refractivity contribution is 6.30. The molecular formula is C24H17ClN4O6. The second kappa shape index (κ2) is 8.80. The molecule has 1 N–H and O–H groups in total. The molecule has 0 spiro atoms. The number of halogens is 1. The number of nitrogens with zero attached hydrogens (tertiary/aromatic N) is 3. The van der Waals surface area contributed by atoms with Crippen LogP contribution in [0.4, 0.5) is 5.69 Å². The van der Waals surface area contributed by atoms with Crippen LogP contribution in [0.2, 0.25) is 5.02 Å². The molecule has 3 heterocycles. The summed E-state index contributed by atoms with van der Waals surface area (Å²) in [7, 11) is 0. The van der Waals surface area contributed by atoms with Gasteiger partial charge in [0.25, 0.3) is 17.7 Å². The summed E-state index contributed by atoms with van der Waals surface area (Å²) >= 11 is 5.90. The molecule has 2 aliphatic heterocycles. The maximum absolute atomic E-state index is 13.3. The van der Waals surface area contributed by atoms with Crippen molar-refractivity contribution in [3.05, 3.63) is 70.6 Å². The fourth-order valence-electron chi connectivity index (χ4n) is 4.26. The molecule has 5 amide bonds. The zero-order valence-electron chi connectivity index (χ0n) is 18.1. The number of hydrogen-bond acceptors (Lipinski definition) is 7. The van der Waals surface area contributed by atoms with Gasteiger partial charge in [0.2, 0.25) is 18.2 Å². The fourth-order valence-corrected chi connectivity index (χ4v) is 4.39. The van der Waals surface area contributed by atoms with Gasteiger partial charge in [-0.05, 0) is 42.8 Å². The molecule has 0 radical (unpaired) electrons. The van der Waals surface area contributed by atoms with Gasteiger partial charge in [0.05, 0.1) is 29.6 Å². The zero-order chi connectivity index (χ0) is 24.7. The summed E-state index contributed by atoms with van der Waals surface area (Å²) in [5.74, 6) is -1.94. The molecule has 5 rings (SSSR count). The summed E-state index contributed by atoms with van der Waals surface area (Å²) in [6.07, 6.45) is 1.77. The van der Waals surface area contributed by atoms with E-state index >= 15 is 0 Å². The van der Waals surface area contributed by atoms with E-state index in [1.165, 1.54) is 24.4 Å². The lowest BCUT2D eigenvalue weighted by Crippen LogP contribution is -2.55. The first-order valence-electron chi connectivity index (χ1n) is 10.6. The summed E-state index contributed by atoms with van der Waals surface area (Å²) in [5.41, 5.74) is 0.941. The molecule has 1 atom stereocenters. The standard InChI is InChI=1S/C24H17ClN4O6/c25-14-6-4-13(5-7-14)21-26-10-15(35-21)11-28-19(31)9-8-18(23(28)33)29-22(32)16-2-1-3-17(27-12-30)20(16)24(29)34/h1-7,10,12,18H,8-9,11H2,(H,27,30). The Morgan fingerprint density at radius 1 is 1.09 bits per heavy atom. The molecule has 1 aromatic heterocycles. The van der Waals surface area contributed by atoms with Crippen molar-refractivity contribution in [2.75, 3.05) is 5.32 Å². The van der Waals surface area contributed by atoms with Crippen LogP contribution in [0.25, 0.3) is 11.5 Å². The zero-order valence-corrected chi connectivity index (χ0v) is 18.8. The van der Waals surface area contributed by atoms with Crippen LogP contribution in [0.5, 0.6) is 0 Å². The molecule has 2 aromatic carbocycles. The van der Waals surface area contributed by atoms with Gasteiger partial charge in [-0.1, -0.05) is 17.7 Å².